The van der Waals surface area contributed by atoms with Crippen LogP contribution in [0.4, 0.5) is 10.1 Å². The Hall–Kier alpha value is -1.56. The van der Waals surface area contributed by atoms with E-state index < -0.39 is 8.32 Å². The van der Waals surface area contributed by atoms with Gasteiger partial charge in [0, 0.05) is 23.4 Å². The summed E-state index contributed by atoms with van der Waals surface area (Å²) >= 11 is 12.7. The molecule has 0 bridgehead atoms. The molecule has 1 N–H and O–H groups in total. The van der Waals surface area contributed by atoms with Crippen molar-refractivity contribution in [2.24, 2.45) is 4.99 Å². The van der Waals surface area contributed by atoms with E-state index in [4.69, 9.17) is 27.6 Å². The number of aliphatic imine (C=N–C) groups is 1. The minimum absolute atomic E-state index is 0.0364. The average Bonchev–Trinajstić information content (AvgIpc) is 2.81. The van der Waals surface area contributed by atoms with Gasteiger partial charge in [-0.2, -0.15) is 0 Å². The zero-order valence-corrected chi connectivity index (χ0v) is 19.3. The van der Waals surface area contributed by atoms with Gasteiger partial charge in [-0.3, -0.25) is 4.99 Å². The molecule has 150 valence electrons. The predicted octanol–water partition coefficient (Wildman–Crippen LogP) is 6.78. The Morgan fingerprint density at radius 1 is 1.14 bits per heavy atom. The second-order valence-corrected chi connectivity index (χ2v) is 14.0. The van der Waals surface area contributed by atoms with Crippen LogP contribution in [0, 0.1) is 5.82 Å². The number of anilines is 1. The summed E-state index contributed by atoms with van der Waals surface area (Å²) in [7, 11) is -2.06. The lowest BCUT2D eigenvalue weighted by atomic mass is 9.99. The fraction of sp³-hybridized carbons (Fsp3) is 0.381. The van der Waals surface area contributed by atoms with Crippen LogP contribution in [-0.4, -0.2) is 27.1 Å². The molecule has 0 unspecified atom stereocenters. The Kier molecular flexibility index (Phi) is 5.81. The Bertz CT molecular complexity index is 939. The smallest absolute Gasteiger partial charge is 0.250 e. The molecule has 0 radical (unpaired) electrons. The van der Waals surface area contributed by atoms with Crippen molar-refractivity contribution in [3.8, 4) is 5.75 Å². The first-order chi connectivity index (χ1) is 13.0. The number of benzodiazepines with no additional fused rings is 1. The lowest BCUT2D eigenvalue weighted by molar-refractivity contribution is 0.490. The van der Waals surface area contributed by atoms with Crippen LogP contribution in [0.25, 0.3) is 0 Å². The van der Waals surface area contributed by atoms with Crippen molar-refractivity contribution in [3.05, 3.63) is 57.3 Å². The summed E-state index contributed by atoms with van der Waals surface area (Å²) in [5, 5.41) is 4.09. The van der Waals surface area contributed by atoms with Crippen molar-refractivity contribution >= 4 is 42.9 Å². The second-order valence-electron chi connectivity index (χ2n) is 8.45. The molecule has 0 amide bonds. The topological polar surface area (TPSA) is 33.6 Å². The molecular weight excluding hydrogens is 414 g/mol. The van der Waals surface area contributed by atoms with Crippen LogP contribution < -0.4 is 9.74 Å². The molecule has 1 aliphatic rings. The number of fused-ring (bicyclic) bond motifs is 1. The van der Waals surface area contributed by atoms with Gasteiger partial charge < -0.3 is 9.74 Å². The molecular formula is C21H25Cl2FN2OSi. The molecule has 3 rings (SSSR count). The lowest BCUT2D eigenvalue weighted by Crippen LogP contribution is -2.43. The van der Waals surface area contributed by atoms with Gasteiger partial charge in [-0.1, -0.05) is 44.0 Å². The maximum Gasteiger partial charge on any atom is 0.250 e. The molecule has 1 aliphatic heterocycles. The molecule has 2 aromatic carbocycles. The quantitative estimate of drug-likeness (QED) is 0.535. The number of nitrogens with one attached hydrogen (secondary N) is 1. The van der Waals surface area contributed by atoms with Crippen molar-refractivity contribution < 1.29 is 8.82 Å². The molecule has 0 aliphatic carbocycles. The average molecular weight is 439 g/mol. The van der Waals surface area contributed by atoms with E-state index in [0.717, 1.165) is 5.69 Å². The SMILES string of the molecule is CC(C)(C)[Si](C)(C)Oc1ccc(F)c(C2=NCCNc3ccc(Cl)c(Cl)c32)c1. The monoisotopic (exact) mass is 438 g/mol. The number of rotatable bonds is 3. The zero-order chi connectivity index (χ0) is 20.7. The molecule has 0 saturated heterocycles. The van der Waals surface area contributed by atoms with E-state index >= 15 is 0 Å². The molecule has 0 atom stereocenters. The van der Waals surface area contributed by atoms with Gasteiger partial charge in [0.05, 0.1) is 22.3 Å². The third-order valence-corrected chi connectivity index (χ3v) is 10.6. The van der Waals surface area contributed by atoms with E-state index in [1.54, 1.807) is 18.2 Å². The van der Waals surface area contributed by atoms with Gasteiger partial charge in [-0.25, -0.2) is 4.39 Å². The van der Waals surface area contributed by atoms with Crippen LogP contribution in [-0.2, 0) is 0 Å². The molecule has 0 spiro atoms. The first kappa shape index (κ1) is 21.2. The summed E-state index contributed by atoms with van der Waals surface area (Å²) in [6, 6.07) is 8.40. The minimum Gasteiger partial charge on any atom is -0.543 e. The van der Waals surface area contributed by atoms with Gasteiger partial charge in [0.15, 0.2) is 0 Å². The summed E-state index contributed by atoms with van der Waals surface area (Å²) in [6.07, 6.45) is 0. The largest absolute Gasteiger partial charge is 0.543 e. The fourth-order valence-corrected chi connectivity index (χ4v) is 4.22. The molecule has 1 heterocycles. The van der Waals surface area contributed by atoms with Gasteiger partial charge in [0.1, 0.15) is 11.6 Å². The predicted molar refractivity (Wildman–Crippen MR) is 120 cm³/mol. The summed E-state index contributed by atoms with van der Waals surface area (Å²) < 4.78 is 21.2. The Morgan fingerprint density at radius 2 is 1.86 bits per heavy atom. The molecule has 2 aromatic rings. The van der Waals surface area contributed by atoms with Gasteiger partial charge in [-0.05, 0) is 48.5 Å². The first-order valence-corrected chi connectivity index (χ1v) is 12.9. The van der Waals surface area contributed by atoms with Crippen LogP contribution in [0.1, 0.15) is 31.9 Å². The van der Waals surface area contributed by atoms with Crippen LogP contribution in [0.2, 0.25) is 28.2 Å². The van der Waals surface area contributed by atoms with Crippen molar-refractivity contribution in [1.82, 2.24) is 0 Å². The number of benzene rings is 2. The Labute approximate surface area is 177 Å². The highest BCUT2D eigenvalue weighted by Gasteiger charge is 2.39. The second kappa shape index (κ2) is 7.69. The van der Waals surface area contributed by atoms with Crippen LogP contribution in [0.15, 0.2) is 35.3 Å². The van der Waals surface area contributed by atoms with Gasteiger partial charge in [0.25, 0.3) is 0 Å². The number of nitrogens with zero attached hydrogens (tertiary/aromatic N) is 1. The number of hydrogen-bond acceptors (Lipinski definition) is 3. The molecule has 0 aromatic heterocycles. The van der Waals surface area contributed by atoms with E-state index in [2.05, 4.69) is 44.2 Å². The first-order valence-electron chi connectivity index (χ1n) is 9.27. The van der Waals surface area contributed by atoms with Crippen molar-refractivity contribution in [3.63, 3.8) is 0 Å². The van der Waals surface area contributed by atoms with E-state index in [0.29, 0.717) is 45.7 Å². The highest BCUT2D eigenvalue weighted by atomic mass is 35.5. The third kappa shape index (κ3) is 4.07. The van der Waals surface area contributed by atoms with Gasteiger partial charge in [-0.15, -0.1) is 0 Å². The summed E-state index contributed by atoms with van der Waals surface area (Å²) in [4.78, 5) is 4.61. The fourth-order valence-electron chi connectivity index (χ4n) is 2.78. The Balaban J connectivity index is 2.11. The van der Waals surface area contributed by atoms with Gasteiger partial charge >= 0.3 is 0 Å². The van der Waals surface area contributed by atoms with Crippen molar-refractivity contribution in [1.29, 1.82) is 0 Å². The number of hydrogen-bond donors (Lipinski definition) is 1. The summed E-state index contributed by atoms with van der Waals surface area (Å²) in [6.45, 7) is 12.0. The molecule has 0 saturated carbocycles. The van der Waals surface area contributed by atoms with Gasteiger partial charge in [0.2, 0.25) is 8.32 Å². The van der Waals surface area contributed by atoms with Crippen LogP contribution in [0.3, 0.4) is 0 Å². The van der Waals surface area contributed by atoms with Crippen LogP contribution >= 0.6 is 23.2 Å². The summed E-state index contributed by atoms with van der Waals surface area (Å²) in [5.74, 6) is 0.271. The molecule has 0 fully saturated rings. The van der Waals surface area contributed by atoms with E-state index in [9.17, 15) is 4.39 Å². The highest BCUT2D eigenvalue weighted by Crippen LogP contribution is 2.39. The molecule has 28 heavy (non-hydrogen) atoms. The van der Waals surface area contributed by atoms with E-state index in [1.807, 2.05) is 6.07 Å². The molecule has 3 nitrogen and oxygen atoms in total. The maximum atomic E-state index is 14.9. The maximum absolute atomic E-state index is 14.9. The van der Waals surface area contributed by atoms with Crippen molar-refractivity contribution in [2.75, 3.05) is 18.4 Å². The normalized spacial score (nSPS) is 14.6. The summed E-state index contributed by atoms with van der Waals surface area (Å²) in [5.41, 5.74) is 2.27. The molecule has 7 heteroatoms. The minimum atomic E-state index is -2.06. The lowest BCUT2D eigenvalue weighted by Gasteiger charge is -2.36. The highest BCUT2D eigenvalue weighted by molar-refractivity contribution is 6.74. The van der Waals surface area contributed by atoms with E-state index in [-0.39, 0.29) is 10.9 Å². The number of halogens is 3. The Morgan fingerprint density at radius 3 is 2.54 bits per heavy atom. The van der Waals surface area contributed by atoms with Crippen LogP contribution in [0.5, 0.6) is 5.75 Å². The van der Waals surface area contributed by atoms with E-state index in [1.165, 1.54) is 6.07 Å². The zero-order valence-electron chi connectivity index (χ0n) is 16.8. The third-order valence-electron chi connectivity index (χ3n) is 5.40. The standard InChI is InChI=1S/C21H25Cl2FN2OSi/c1-21(2,3)28(4,5)27-13-6-8-16(24)14(12-13)20-18-17(25-10-11-26-20)9-7-15(22)19(18)23/h6-9,12,25H,10-11H2,1-5H3. The van der Waals surface area contributed by atoms with Crippen molar-refractivity contribution in [2.45, 2.75) is 38.9 Å².